The van der Waals surface area contributed by atoms with Gasteiger partial charge in [-0.25, -0.2) is 0 Å². The number of morpholine rings is 1. The molecule has 0 aliphatic carbocycles. The zero-order chi connectivity index (χ0) is 24.7. The third-order valence-electron chi connectivity index (χ3n) is 6.56. The molecule has 0 radical (unpaired) electrons. The standard InChI is InChI=1S/C29H32N2O5/c32-29(33)12-13-31-27-9-2-1-8-25(27)26-11-10-24(21-28(26)31)36-17-4-3-16-35-23-7-5-6-22(20-23)30-14-18-34-19-15-30/h1-2,5-11,20-21H,3-4,12-19H2,(H,32,33). The second kappa shape index (κ2) is 11.4. The zero-order valence-corrected chi connectivity index (χ0v) is 20.4. The number of ether oxygens (including phenoxy) is 3. The van der Waals surface area contributed by atoms with Crippen LogP contribution in [0.15, 0.2) is 66.7 Å². The molecule has 0 amide bonds. The highest BCUT2D eigenvalue weighted by Gasteiger charge is 2.13. The molecule has 36 heavy (non-hydrogen) atoms. The van der Waals surface area contributed by atoms with Gasteiger partial charge in [-0.15, -0.1) is 0 Å². The Kier molecular flexibility index (Phi) is 7.57. The first-order valence-electron chi connectivity index (χ1n) is 12.6. The molecule has 1 N–H and O–H groups in total. The van der Waals surface area contributed by atoms with E-state index in [0.717, 1.165) is 72.4 Å². The molecule has 5 rings (SSSR count). The van der Waals surface area contributed by atoms with E-state index < -0.39 is 5.97 Å². The van der Waals surface area contributed by atoms with Crippen molar-refractivity contribution in [2.45, 2.75) is 25.8 Å². The smallest absolute Gasteiger partial charge is 0.305 e. The molecular weight excluding hydrogens is 456 g/mol. The Labute approximate surface area is 210 Å². The summed E-state index contributed by atoms with van der Waals surface area (Å²) in [7, 11) is 0. The summed E-state index contributed by atoms with van der Waals surface area (Å²) in [5.74, 6) is 0.879. The Hall–Kier alpha value is -3.71. The number of hydrogen-bond donors (Lipinski definition) is 1. The normalized spacial score (nSPS) is 13.8. The van der Waals surface area contributed by atoms with Crippen molar-refractivity contribution in [2.24, 2.45) is 0 Å². The third kappa shape index (κ3) is 5.57. The molecule has 1 aromatic heterocycles. The molecule has 1 aliphatic rings. The van der Waals surface area contributed by atoms with Crippen molar-refractivity contribution in [3.05, 3.63) is 66.7 Å². The monoisotopic (exact) mass is 488 g/mol. The van der Waals surface area contributed by atoms with Gasteiger partial charge in [-0.2, -0.15) is 0 Å². The van der Waals surface area contributed by atoms with Gasteiger partial charge in [-0.3, -0.25) is 4.79 Å². The van der Waals surface area contributed by atoms with E-state index in [2.05, 4.69) is 33.7 Å². The predicted molar refractivity (Wildman–Crippen MR) is 141 cm³/mol. The summed E-state index contributed by atoms with van der Waals surface area (Å²) in [6.07, 6.45) is 1.85. The second-order valence-corrected chi connectivity index (χ2v) is 8.99. The van der Waals surface area contributed by atoms with Crippen LogP contribution in [0.4, 0.5) is 5.69 Å². The Balaban J connectivity index is 1.14. The van der Waals surface area contributed by atoms with E-state index in [0.29, 0.717) is 19.8 Å². The number of aliphatic carboxylic acids is 1. The minimum absolute atomic E-state index is 0.0776. The summed E-state index contributed by atoms with van der Waals surface area (Å²) in [5, 5.41) is 11.4. The average molecular weight is 489 g/mol. The molecule has 7 heteroatoms. The number of fused-ring (bicyclic) bond motifs is 3. The molecule has 0 spiro atoms. The van der Waals surface area contributed by atoms with Crippen molar-refractivity contribution < 1.29 is 24.1 Å². The number of carboxylic acids is 1. The Morgan fingerprint density at radius 1 is 0.833 bits per heavy atom. The fourth-order valence-electron chi connectivity index (χ4n) is 4.74. The summed E-state index contributed by atoms with van der Waals surface area (Å²) < 4.78 is 19.5. The van der Waals surface area contributed by atoms with Crippen LogP contribution in [0.25, 0.3) is 21.8 Å². The summed E-state index contributed by atoms with van der Waals surface area (Å²) >= 11 is 0. The van der Waals surface area contributed by atoms with Gasteiger partial charge in [0.25, 0.3) is 0 Å². The van der Waals surface area contributed by atoms with Crippen LogP contribution >= 0.6 is 0 Å². The number of benzene rings is 3. The summed E-state index contributed by atoms with van der Waals surface area (Å²) in [6, 6.07) is 22.4. The first-order valence-corrected chi connectivity index (χ1v) is 12.6. The van der Waals surface area contributed by atoms with Crippen LogP contribution in [-0.4, -0.2) is 55.2 Å². The molecule has 7 nitrogen and oxygen atoms in total. The van der Waals surface area contributed by atoms with Gasteiger partial charge in [0.1, 0.15) is 11.5 Å². The van der Waals surface area contributed by atoms with Gasteiger partial charge in [0.05, 0.1) is 38.4 Å². The number of para-hydroxylation sites is 1. The van der Waals surface area contributed by atoms with Crippen LogP contribution in [0.2, 0.25) is 0 Å². The summed E-state index contributed by atoms with van der Waals surface area (Å²) in [4.78, 5) is 13.5. The number of nitrogens with zero attached hydrogens (tertiary/aromatic N) is 2. The highest BCUT2D eigenvalue weighted by Crippen LogP contribution is 2.32. The van der Waals surface area contributed by atoms with E-state index in [1.54, 1.807) is 0 Å². The van der Waals surface area contributed by atoms with Crippen LogP contribution < -0.4 is 14.4 Å². The maximum atomic E-state index is 11.2. The minimum atomic E-state index is -0.802. The Bertz CT molecular complexity index is 1330. The van der Waals surface area contributed by atoms with Gasteiger partial charge in [-0.05, 0) is 43.2 Å². The van der Waals surface area contributed by atoms with Gasteiger partial charge in [0.2, 0.25) is 0 Å². The molecule has 2 heterocycles. The van der Waals surface area contributed by atoms with Crippen molar-refractivity contribution in [1.29, 1.82) is 0 Å². The van der Waals surface area contributed by atoms with E-state index in [1.165, 1.54) is 5.69 Å². The lowest BCUT2D eigenvalue weighted by Gasteiger charge is -2.29. The van der Waals surface area contributed by atoms with E-state index in [4.69, 9.17) is 14.2 Å². The number of carbonyl (C=O) groups is 1. The van der Waals surface area contributed by atoms with E-state index >= 15 is 0 Å². The van der Waals surface area contributed by atoms with Gasteiger partial charge >= 0.3 is 5.97 Å². The van der Waals surface area contributed by atoms with Crippen molar-refractivity contribution in [3.63, 3.8) is 0 Å². The molecule has 1 saturated heterocycles. The first kappa shape index (κ1) is 24.0. The fraction of sp³-hybridized carbons (Fsp3) is 0.345. The van der Waals surface area contributed by atoms with Gasteiger partial charge < -0.3 is 28.8 Å². The maximum Gasteiger partial charge on any atom is 0.305 e. The predicted octanol–water partition coefficient (Wildman–Crippen LogP) is 5.34. The Morgan fingerprint density at radius 2 is 1.56 bits per heavy atom. The molecule has 0 saturated carbocycles. The lowest BCUT2D eigenvalue weighted by atomic mass is 10.1. The molecule has 4 aromatic rings. The van der Waals surface area contributed by atoms with E-state index in [-0.39, 0.29) is 6.42 Å². The van der Waals surface area contributed by atoms with Crippen molar-refractivity contribution in [3.8, 4) is 11.5 Å². The lowest BCUT2D eigenvalue weighted by Crippen LogP contribution is -2.36. The molecule has 1 aliphatic heterocycles. The maximum absolute atomic E-state index is 11.2. The van der Waals surface area contributed by atoms with Gasteiger partial charge in [-0.1, -0.05) is 24.3 Å². The topological polar surface area (TPSA) is 73.2 Å². The van der Waals surface area contributed by atoms with Crippen LogP contribution in [0.1, 0.15) is 19.3 Å². The first-order chi connectivity index (χ1) is 17.7. The molecule has 188 valence electrons. The zero-order valence-electron chi connectivity index (χ0n) is 20.4. The van der Waals surface area contributed by atoms with Crippen molar-refractivity contribution >= 4 is 33.5 Å². The van der Waals surface area contributed by atoms with Crippen LogP contribution in [0.5, 0.6) is 11.5 Å². The van der Waals surface area contributed by atoms with E-state index in [9.17, 15) is 9.90 Å². The fourth-order valence-corrected chi connectivity index (χ4v) is 4.74. The summed E-state index contributed by atoms with van der Waals surface area (Å²) in [5.41, 5.74) is 3.22. The van der Waals surface area contributed by atoms with Crippen LogP contribution in [0, 0.1) is 0 Å². The largest absolute Gasteiger partial charge is 0.494 e. The number of aryl methyl sites for hydroxylation is 1. The highest BCUT2D eigenvalue weighted by molar-refractivity contribution is 6.08. The molecule has 3 aromatic carbocycles. The third-order valence-corrected chi connectivity index (χ3v) is 6.56. The van der Waals surface area contributed by atoms with E-state index in [1.807, 2.05) is 42.5 Å². The molecule has 0 unspecified atom stereocenters. The minimum Gasteiger partial charge on any atom is -0.494 e. The number of unbranched alkanes of at least 4 members (excludes halogenated alkanes) is 1. The molecule has 1 fully saturated rings. The van der Waals surface area contributed by atoms with Gasteiger partial charge in [0, 0.05) is 53.7 Å². The number of aromatic nitrogens is 1. The Morgan fingerprint density at radius 3 is 2.33 bits per heavy atom. The molecule has 0 atom stereocenters. The number of carboxylic acid groups (broad SMARTS) is 1. The van der Waals surface area contributed by atoms with Crippen LogP contribution in [0.3, 0.4) is 0 Å². The number of anilines is 1. The second-order valence-electron chi connectivity index (χ2n) is 8.99. The molecule has 0 bridgehead atoms. The SMILES string of the molecule is O=C(O)CCn1c2ccccc2c2ccc(OCCCCOc3cccc(N4CCOCC4)c3)cc21. The number of hydrogen-bond acceptors (Lipinski definition) is 5. The average Bonchev–Trinajstić information content (AvgIpc) is 3.23. The summed E-state index contributed by atoms with van der Waals surface area (Å²) in [6.45, 7) is 5.01. The quantitative estimate of drug-likeness (QED) is 0.287. The van der Waals surface area contributed by atoms with Gasteiger partial charge in [0.15, 0.2) is 0 Å². The molecular formula is C29H32N2O5. The van der Waals surface area contributed by atoms with Crippen molar-refractivity contribution in [1.82, 2.24) is 4.57 Å². The lowest BCUT2D eigenvalue weighted by molar-refractivity contribution is -0.137. The highest BCUT2D eigenvalue weighted by atomic mass is 16.5. The van der Waals surface area contributed by atoms with Crippen LogP contribution in [-0.2, 0) is 16.1 Å². The van der Waals surface area contributed by atoms with Crippen molar-refractivity contribution in [2.75, 3.05) is 44.4 Å². The number of rotatable bonds is 11.